The minimum absolute atomic E-state index is 0.0527. The van der Waals surface area contributed by atoms with Crippen LogP contribution in [0.5, 0.6) is 0 Å². The lowest BCUT2D eigenvalue weighted by atomic mass is 9.80. The number of alkyl halides is 2. The van der Waals surface area contributed by atoms with Crippen LogP contribution in [0.3, 0.4) is 0 Å². The Hall–Kier alpha value is -1.64. The SMILES string of the molecule is C=C1NC2(C=C1c1c(C)cc(C)cc1C)CCC(F)(F)CC2. The third kappa shape index (κ3) is 2.57. The number of halogens is 2. The first-order chi connectivity index (χ1) is 10.2. The molecule has 0 aromatic heterocycles. The highest BCUT2D eigenvalue weighted by molar-refractivity contribution is 5.85. The maximum atomic E-state index is 13.5. The Kier molecular flexibility index (Phi) is 3.42. The number of hydrogen-bond donors (Lipinski definition) is 1. The largest absolute Gasteiger partial charge is 0.376 e. The van der Waals surface area contributed by atoms with Crippen LogP contribution in [0.1, 0.15) is 47.9 Å². The zero-order valence-electron chi connectivity index (χ0n) is 13.5. The fraction of sp³-hybridized carbons (Fsp3) is 0.474. The summed E-state index contributed by atoms with van der Waals surface area (Å²) in [7, 11) is 0. The zero-order chi connectivity index (χ0) is 16.1. The normalized spacial score (nSPS) is 22.6. The molecule has 0 atom stereocenters. The zero-order valence-corrected chi connectivity index (χ0v) is 13.5. The van der Waals surface area contributed by atoms with Crippen molar-refractivity contribution in [1.29, 1.82) is 0 Å². The van der Waals surface area contributed by atoms with Gasteiger partial charge in [0.15, 0.2) is 0 Å². The van der Waals surface area contributed by atoms with Gasteiger partial charge in [0.25, 0.3) is 0 Å². The highest BCUT2D eigenvalue weighted by atomic mass is 19.3. The van der Waals surface area contributed by atoms with E-state index in [0.717, 1.165) is 11.3 Å². The average Bonchev–Trinajstić information content (AvgIpc) is 2.70. The van der Waals surface area contributed by atoms with Gasteiger partial charge >= 0.3 is 0 Å². The number of nitrogens with one attached hydrogen (secondary N) is 1. The molecular formula is C19H23F2N. The Morgan fingerprint density at radius 2 is 1.55 bits per heavy atom. The minimum Gasteiger partial charge on any atom is -0.376 e. The summed E-state index contributed by atoms with van der Waals surface area (Å²) < 4.78 is 26.9. The highest BCUT2D eigenvalue weighted by Crippen LogP contribution is 2.45. The summed E-state index contributed by atoms with van der Waals surface area (Å²) >= 11 is 0. The third-order valence-corrected chi connectivity index (χ3v) is 4.97. The topological polar surface area (TPSA) is 12.0 Å². The molecule has 0 unspecified atom stereocenters. The van der Waals surface area contributed by atoms with Crippen molar-refractivity contribution in [1.82, 2.24) is 5.32 Å². The van der Waals surface area contributed by atoms with E-state index >= 15 is 0 Å². The van der Waals surface area contributed by atoms with Crippen LogP contribution in [0.2, 0.25) is 0 Å². The molecule has 0 radical (unpaired) electrons. The van der Waals surface area contributed by atoms with Crippen molar-refractivity contribution < 1.29 is 8.78 Å². The van der Waals surface area contributed by atoms with Gasteiger partial charge in [-0.2, -0.15) is 0 Å². The monoisotopic (exact) mass is 303 g/mol. The first-order valence-electron chi connectivity index (χ1n) is 7.88. The van der Waals surface area contributed by atoms with Crippen molar-refractivity contribution in [2.24, 2.45) is 0 Å². The summed E-state index contributed by atoms with van der Waals surface area (Å²) in [4.78, 5) is 0. The lowest BCUT2D eigenvalue weighted by Gasteiger charge is -2.36. The van der Waals surface area contributed by atoms with E-state index in [9.17, 15) is 8.78 Å². The Bertz CT molecular complexity index is 637. The van der Waals surface area contributed by atoms with Crippen LogP contribution in [0, 0.1) is 20.8 Å². The van der Waals surface area contributed by atoms with Crippen molar-refractivity contribution in [3.63, 3.8) is 0 Å². The molecule has 1 heterocycles. The third-order valence-electron chi connectivity index (χ3n) is 4.97. The van der Waals surface area contributed by atoms with E-state index in [1.165, 1.54) is 22.3 Å². The molecule has 0 saturated heterocycles. The van der Waals surface area contributed by atoms with E-state index in [1.54, 1.807) is 0 Å². The highest BCUT2D eigenvalue weighted by Gasteiger charge is 2.45. The number of allylic oxidation sites excluding steroid dienone is 1. The molecule has 2 aliphatic rings. The van der Waals surface area contributed by atoms with Gasteiger partial charge in [0, 0.05) is 24.1 Å². The second-order valence-electron chi connectivity index (χ2n) is 6.95. The summed E-state index contributed by atoms with van der Waals surface area (Å²) in [6.45, 7) is 10.4. The Balaban J connectivity index is 1.99. The molecule has 1 aliphatic carbocycles. The van der Waals surface area contributed by atoms with E-state index in [0.29, 0.717) is 12.8 Å². The van der Waals surface area contributed by atoms with Gasteiger partial charge in [0.1, 0.15) is 0 Å². The molecule has 1 spiro atoms. The predicted octanol–water partition coefficient (Wildman–Crippen LogP) is 5.06. The minimum atomic E-state index is -2.51. The fourth-order valence-electron chi connectivity index (χ4n) is 3.93. The number of hydrogen-bond acceptors (Lipinski definition) is 1. The van der Waals surface area contributed by atoms with Crippen molar-refractivity contribution in [3.8, 4) is 0 Å². The van der Waals surface area contributed by atoms with Gasteiger partial charge in [-0.1, -0.05) is 24.3 Å². The first kappa shape index (κ1) is 15.3. The van der Waals surface area contributed by atoms with Crippen LogP contribution in [-0.2, 0) is 0 Å². The smallest absolute Gasteiger partial charge is 0.248 e. The quantitative estimate of drug-likeness (QED) is 0.764. The predicted molar refractivity (Wildman–Crippen MR) is 87.1 cm³/mol. The standard InChI is InChI=1S/C19H23F2N/c1-12-9-13(2)17(14(3)10-12)16-11-18(22-15(16)4)5-7-19(20,21)8-6-18/h9-11,22H,4-8H2,1-3H3. The van der Waals surface area contributed by atoms with Gasteiger partial charge in [-0.05, 0) is 56.4 Å². The molecular weight excluding hydrogens is 280 g/mol. The number of rotatable bonds is 1. The molecule has 1 aliphatic heterocycles. The summed E-state index contributed by atoms with van der Waals surface area (Å²) in [6.07, 6.45) is 2.97. The molecule has 0 bridgehead atoms. The molecule has 118 valence electrons. The van der Waals surface area contributed by atoms with Gasteiger partial charge in [-0.25, -0.2) is 8.78 Å². The summed E-state index contributed by atoms with van der Waals surface area (Å²) in [5.41, 5.74) is 6.47. The maximum Gasteiger partial charge on any atom is 0.248 e. The van der Waals surface area contributed by atoms with Crippen molar-refractivity contribution in [2.45, 2.75) is 57.9 Å². The molecule has 1 N–H and O–H groups in total. The van der Waals surface area contributed by atoms with E-state index in [-0.39, 0.29) is 18.4 Å². The molecule has 1 saturated carbocycles. The molecule has 1 aromatic rings. The van der Waals surface area contributed by atoms with E-state index in [2.05, 4.69) is 50.9 Å². The second-order valence-corrected chi connectivity index (χ2v) is 6.95. The van der Waals surface area contributed by atoms with Crippen molar-refractivity contribution >= 4 is 5.57 Å². The van der Waals surface area contributed by atoms with Crippen LogP contribution in [0.25, 0.3) is 5.57 Å². The average molecular weight is 303 g/mol. The Morgan fingerprint density at radius 3 is 2.09 bits per heavy atom. The van der Waals surface area contributed by atoms with Gasteiger partial charge in [0.05, 0.1) is 5.54 Å². The number of aryl methyl sites for hydroxylation is 3. The van der Waals surface area contributed by atoms with Crippen molar-refractivity contribution in [2.75, 3.05) is 0 Å². The maximum absolute atomic E-state index is 13.5. The van der Waals surface area contributed by atoms with Gasteiger partial charge < -0.3 is 5.32 Å². The van der Waals surface area contributed by atoms with Crippen LogP contribution in [-0.4, -0.2) is 11.5 Å². The Labute approximate surface area is 131 Å². The van der Waals surface area contributed by atoms with Crippen molar-refractivity contribution in [3.05, 3.63) is 52.7 Å². The summed E-state index contributed by atoms with van der Waals surface area (Å²) in [5, 5.41) is 3.40. The van der Waals surface area contributed by atoms with Crippen LogP contribution >= 0.6 is 0 Å². The van der Waals surface area contributed by atoms with E-state index in [1.807, 2.05) is 0 Å². The molecule has 0 amide bonds. The molecule has 1 fully saturated rings. The summed E-state index contributed by atoms with van der Waals surface area (Å²) in [6, 6.07) is 4.33. The molecule has 1 aromatic carbocycles. The van der Waals surface area contributed by atoms with Gasteiger partial charge in [0.2, 0.25) is 5.92 Å². The molecule has 1 nitrogen and oxygen atoms in total. The van der Waals surface area contributed by atoms with Crippen LogP contribution < -0.4 is 5.32 Å². The van der Waals surface area contributed by atoms with E-state index < -0.39 is 5.92 Å². The van der Waals surface area contributed by atoms with Crippen LogP contribution in [0.4, 0.5) is 8.78 Å². The molecule has 3 rings (SSSR count). The second kappa shape index (κ2) is 4.94. The first-order valence-corrected chi connectivity index (χ1v) is 7.88. The summed E-state index contributed by atoms with van der Waals surface area (Å²) in [5.74, 6) is -2.51. The van der Waals surface area contributed by atoms with E-state index in [4.69, 9.17) is 0 Å². The lowest BCUT2D eigenvalue weighted by molar-refractivity contribution is -0.0473. The van der Waals surface area contributed by atoms with Gasteiger partial charge in [-0.3, -0.25) is 0 Å². The number of benzene rings is 1. The van der Waals surface area contributed by atoms with Gasteiger partial charge in [-0.15, -0.1) is 0 Å². The molecule has 22 heavy (non-hydrogen) atoms. The fourth-order valence-corrected chi connectivity index (χ4v) is 3.93. The Morgan fingerprint density at radius 1 is 1.00 bits per heavy atom. The van der Waals surface area contributed by atoms with Crippen LogP contribution in [0.15, 0.2) is 30.5 Å². The lowest BCUT2D eigenvalue weighted by Crippen LogP contribution is -2.45. The molecule has 3 heteroatoms.